The van der Waals surface area contributed by atoms with Crippen molar-refractivity contribution in [3.63, 3.8) is 0 Å². The largest absolute Gasteiger partial charge is 0.381 e. The number of ether oxygens (including phenoxy) is 1. The summed E-state index contributed by atoms with van der Waals surface area (Å²) in [4.78, 5) is 0. The van der Waals surface area contributed by atoms with Crippen molar-refractivity contribution in [1.29, 1.82) is 0 Å². The lowest BCUT2D eigenvalue weighted by atomic mass is 9.76. The Labute approximate surface area is 63.8 Å². The Morgan fingerprint density at radius 1 is 1.40 bits per heavy atom. The van der Waals surface area contributed by atoms with Crippen molar-refractivity contribution in [3.8, 4) is 0 Å². The molecule has 0 aliphatic carbocycles. The highest BCUT2D eigenvalue weighted by Crippen LogP contribution is 2.37. The van der Waals surface area contributed by atoms with Crippen molar-refractivity contribution in [3.05, 3.63) is 0 Å². The molecule has 0 N–H and O–H groups in total. The molecule has 60 valence electrons. The number of rotatable bonds is 1. The second-order valence-corrected chi connectivity index (χ2v) is 4.35. The average molecular weight is 142 g/mol. The maximum Gasteiger partial charge on any atom is 0.0520 e. The van der Waals surface area contributed by atoms with Gasteiger partial charge in [0, 0.05) is 0 Å². The first-order chi connectivity index (χ1) is 4.54. The van der Waals surface area contributed by atoms with Crippen LogP contribution in [-0.4, -0.2) is 13.2 Å². The molecule has 0 saturated carbocycles. The molecule has 0 amide bonds. The summed E-state index contributed by atoms with van der Waals surface area (Å²) in [6.07, 6.45) is 0. The van der Waals surface area contributed by atoms with Crippen LogP contribution in [0.15, 0.2) is 0 Å². The van der Waals surface area contributed by atoms with Gasteiger partial charge in [0.2, 0.25) is 0 Å². The van der Waals surface area contributed by atoms with E-state index < -0.39 is 0 Å². The molecule has 0 aromatic heterocycles. The summed E-state index contributed by atoms with van der Waals surface area (Å²) in [6, 6.07) is 0. The van der Waals surface area contributed by atoms with Crippen LogP contribution in [0.3, 0.4) is 0 Å². The molecule has 1 rings (SSSR count). The lowest BCUT2D eigenvalue weighted by molar-refractivity contribution is 0.166. The molecule has 1 aliphatic heterocycles. The molecule has 1 aliphatic rings. The molecular formula is C9H18O. The Hall–Kier alpha value is -0.0400. The van der Waals surface area contributed by atoms with Gasteiger partial charge < -0.3 is 4.74 Å². The van der Waals surface area contributed by atoms with E-state index in [0.717, 1.165) is 25.0 Å². The van der Waals surface area contributed by atoms with Gasteiger partial charge in [-0.15, -0.1) is 0 Å². The fourth-order valence-corrected chi connectivity index (χ4v) is 1.88. The molecule has 0 radical (unpaired) electrons. The van der Waals surface area contributed by atoms with Crippen LogP contribution in [0.25, 0.3) is 0 Å². The van der Waals surface area contributed by atoms with E-state index in [2.05, 4.69) is 27.7 Å². The van der Waals surface area contributed by atoms with Gasteiger partial charge in [-0.05, 0) is 17.3 Å². The minimum absolute atomic E-state index is 0.411. The Morgan fingerprint density at radius 2 is 2.00 bits per heavy atom. The Balaban J connectivity index is 2.59. The van der Waals surface area contributed by atoms with Crippen LogP contribution in [0.5, 0.6) is 0 Å². The summed E-state index contributed by atoms with van der Waals surface area (Å²) < 4.78 is 5.43. The van der Waals surface area contributed by atoms with E-state index in [1.807, 2.05) is 0 Å². The third-order valence-corrected chi connectivity index (χ3v) is 2.58. The summed E-state index contributed by atoms with van der Waals surface area (Å²) in [6.45, 7) is 11.1. The van der Waals surface area contributed by atoms with Gasteiger partial charge >= 0.3 is 0 Å². The fourth-order valence-electron chi connectivity index (χ4n) is 1.88. The molecule has 0 bridgehead atoms. The van der Waals surface area contributed by atoms with Gasteiger partial charge in [0.05, 0.1) is 13.2 Å². The van der Waals surface area contributed by atoms with Crippen LogP contribution in [0, 0.1) is 17.3 Å². The van der Waals surface area contributed by atoms with E-state index in [0.29, 0.717) is 5.41 Å². The van der Waals surface area contributed by atoms with Crippen LogP contribution in [0.1, 0.15) is 27.7 Å². The molecule has 1 heteroatoms. The van der Waals surface area contributed by atoms with Gasteiger partial charge in [0.1, 0.15) is 0 Å². The summed E-state index contributed by atoms with van der Waals surface area (Å²) in [5.74, 6) is 1.52. The smallest absolute Gasteiger partial charge is 0.0520 e. The molecule has 0 unspecified atom stereocenters. The predicted octanol–water partition coefficient (Wildman–Crippen LogP) is 2.32. The zero-order valence-corrected chi connectivity index (χ0v) is 7.48. The molecule has 0 spiro atoms. The van der Waals surface area contributed by atoms with E-state index in [9.17, 15) is 0 Å². The molecule has 1 nitrogen and oxygen atoms in total. The van der Waals surface area contributed by atoms with Gasteiger partial charge in [0.15, 0.2) is 0 Å². The van der Waals surface area contributed by atoms with Gasteiger partial charge in [-0.1, -0.05) is 27.7 Å². The number of hydrogen-bond donors (Lipinski definition) is 0. The van der Waals surface area contributed by atoms with Crippen LogP contribution < -0.4 is 0 Å². The van der Waals surface area contributed by atoms with Crippen molar-refractivity contribution >= 4 is 0 Å². The molecule has 1 fully saturated rings. The second-order valence-electron chi connectivity index (χ2n) is 4.35. The summed E-state index contributed by atoms with van der Waals surface area (Å²) >= 11 is 0. The Morgan fingerprint density at radius 3 is 2.20 bits per heavy atom. The third kappa shape index (κ3) is 1.34. The second kappa shape index (κ2) is 2.54. The van der Waals surface area contributed by atoms with Crippen LogP contribution in [0.4, 0.5) is 0 Å². The molecule has 1 atom stereocenters. The topological polar surface area (TPSA) is 9.23 Å². The molecule has 10 heavy (non-hydrogen) atoms. The van der Waals surface area contributed by atoms with Crippen molar-refractivity contribution < 1.29 is 4.74 Å². The fraction of sp³-hybridized carbons (Fsp3) is 1.00. The van der Waals surface area contributed by atoms with Gasteiger partial charge in [-0.3, -0.25) is 0 Å². The first kappa shape index (κ1) is 8.06. The average Bonchev–Trinajstić information content (AvgIpc) is 2.08. The van der Waals surface area contributed by atoms with E-state index in [1.54, 1.807) is 0 Å². The van der Waals surface area contributed by atoms with Gasteiger partial charge in [-0.25, -0.2) is 0 Å². The highest BCUT2D eigenvalue weighted by molar-refractivity contribution is 4.84. The lowest BCUT2D eigenvalue weighted by Crippen LogP contribution is -2.26. The molecule has 1 saturated heterocycles. The van der Waals surface area contributed by atoms with Gasteiger partial charge in [-0.2, -0.15) is 0 Å². The van der Waals surface area contributed by atoms with Crippen molar-refractivity contribution in [2.45, 2.75) is 27.7 Å². The van der Waals surface area contributed by atoms with E-state index in [1.165, 1.54) is 0 Å². The molecule has 1 heterocycles. The van der Waals surface area contributed by atoms with Crippen LogP contribution in [0.2, 0.25) is 0 Å². The molecule has 0 aromatic rings. The summed E-state index contributed by atoms with van der Waals surface area (Å²) in [7, 11) is 0. The SMILES string of the molecule is CC(C)[C@H]1COCC1(C)C. The zero-order chi connectivity index (χ0) is 7.78. The maximum atomic E-state index is 5.43. The first-order valence-corrected chi connectivity index (χ1v) is 4.12. The van der Waals surface area contributed by atoms with E-state index in [-0.39, 0.29) is 0 Å². The molecular weight excluding hydrogens is 124 g/mol. The zero-order valence-electron chi connectivity index (χ0n) is 7.48. The molecule has 0 aromatic carbocycles. The summed E-state index contributed by atoms with van der Waals surface area (Å²) in [5.41, 5.74) is 0.411. The van der Waals surface area contributed by atoms with Crippen LogP contribution in [-0.2, 0) is 4.74 Å². The quantitative estimate of drug-likeness (QED) is 0.546. The minimum Gasteiger partial charge on any atom is -0.381 e. The van der Waals surface area contributed by atoms with Crippen molar-refractivity contribution in [1.82, 2.24) is 0 Å². The highest BCUT2D eigenvalue weighted by atomic mass is 16.5. The first-order valence-electron chi connectivity index (χ1n) is 4.12. The maximum absolute atomic E-state index is 5.43. The monoisotopic (exact) mass is 142 g/mol. The Bertz CT molecular complexity index is 116. The predicted molar refractivity (Wildman–Crippen MR) is 42.9 cm³/mol. The van der Waals surface area contributed by atoms with Crippen molar-refractivity contribution in [2.75, 3.05) is 13.2 Å². The van der Waals surface area contributed by atoms with Crippen LogP contribution >= 0.6 is 0 Å². The van der Waals surface area contributed by atoms with Gasteiger partial charge in [0.25, 0.3) is 0 Å². The lowest BCUT2D eigenvalue weighted by Gasteiger charge is -2.27. The van der Waals surface area contributed by atoms with E-state index >= 15 is 0 Å². The Kier molecular flexibility index (Phi) is 2.04. The number of hydrogen-bond acceptors (Lipinski definition) is 1. The normalized spacial score (nSPS) is 31.5. The summed E-state index contributed by atoms with van der Waals surface area (Å²) in [5, 5.41) is 0. The van der Waals surface area contributed by atoms with Crippen molar-refractivity contribution in [2.24, 2.45) is 17.3 Å². The standard InChI is InChI=1S/C9H18O/c1-7(2)8-5-10-6-9(8,3)4/h7-8H,5-6H2,1-4H3/t8-/m1/s1. The van der Waals surface area contributed by atoms with E-state index in [4.69, 9.17) is 4.74 Å². The minimum atomic E-state index is 0.411. The third-order valence-electron chi connectivity index (χ3n) is 2.58. The highest BCUT2D eigenvalue weighted by Gasteiger charge is 2.37.